The molecule has 0 aromatic carbocycles. The summed E-state index contributed by atoms with van der Waals surface area (Å²) in [7, 11) is -0.309. The summed E-state index contributed by atoms with van der Waals surface area (Å²) in [6, 6.07) is -0.226. The van der Waals surface area contributed by atoms with Gasteiger partial charge in [0.05, 0.1) is 13.2 Å². The smallest absolute Gasteiger partial charge is 0.395 e. The quantitative estimate of drug-likeness (QED) is 0.446. The predicted octanol–water partition coefficient (Wildman–Crippen LogP) is -1.71. The van der Waals surface area contributed by atoms with Crippen LogP contribution in [0.5, 0.6) is 0 Å². The van der Waals surface area contributed by atoms with Crippen molar-refractivity contribution >= 4 is 13.6 Å². The predicted molar refractivity (Wildman–Crippen MR) is 40.3 cm³/mol. The second kappa shape index (κ2) is 4.20. The van der Waals surface area contributed by atoms with Crippen LogP contribution in [0.3, 0.4) is 0 Å². The summed E-state index contributed by atoms with van der Waals surface area (Å²) in [6.07, 6.45) is 0. The molecule has 0 aromatic rings. The van der Waals surface area contributed by atoms with E-state index >= 15 is 0 Å². The number of carbonyl (C=O) groups is 1. The second-order valence-electron chi connectivity index (χ2n) is 2.24. The molecule has 0 aliphatic carbocycles. The molecule has 2 N–H and O–H groups in total. The minimum absolute atomic E-state index is 0.226. The lowest BCUT2D eigenvalue weighted by Crippen LogP contribution is -2.47. The van der Waals surface area contributed by atoms with Crippen LogP contribution in [-0.2, 0) is 4.74 Å². The molecule has 1 fully saturated rings. The molecule has 11 heavy (non-hydrogen) atoms. The first-order chi connectivity index (χ1) is 5.34. The van der Waals surface area contributed by atoms with Gasteiger partial charge in [-0.25, -0.2) is 4.79 Å². The third-order valence-electron chi connectivity index (χ3n) is 1.53. The first-order valence-corrected chi connectivity index (χ1v) is 3.56. The van der Waals surface area contributed by atoms with Crippen molar-refractivity contribution in [2.75, 3.05) is 26.3 Å². The molecular formula is C5H11BN2O3. The molecule has 1 aliphatic rings. The zero-order valence-electron chi connectivity index (χ0n) is 6.25. The van der Waals surface area contributed by atoms with Crippen molar-refractivity contribution in [3.05, 3.63) is 0 Å². The summed E-state index contributed by atoms with van der Waals surface area (Å²) in [5.74, 6) is 0. The Morgan fingerprint density at radius 3 is 2.73 bits per heavy atom. The van der Waals surface area contributed by atoms with Crippen molar-refractivity contribution in [1.82, 2.24) is 10.1 Å². The van der Waals surface area contributed by atoms with Crippen LogP contribution in [-0.4, -0.2) is 49.9 Å². The van der Waals surface area contributed by atoms with E-state index in [2.05, 4.69) is 5.23 Å². The number of ether oxygens (including phenoxy) is 1. The van der Waals surface area contributed by atoms with Crippen molar-refractivity contribution in [2.45, 2.75) is 0 Å². The summed E-state index contributed by atoms with van der Waals surface area (Å²) in [6.45, 7) is 2.37. The van der Waals surface area contributed by atoms with E-state index < -0.39 is 0 Å². The average molecular weight is 158 g/mol. The summed E-state index contributed by atoms with van der Waals surface area (Å²) >= 11 is 0. The highest BCUT2D eigenvalue weighted by Crippen LogP contribution is 1.95. The lowest BCUT2D eigenvalue weighted by Gasteiger charge is -2.26. The van der Waals surface area contributed by atoms with Crippen LogP contribution in [0, 0.1) is 0 Å². The van der Waals surface area contributed by atoms with Crippen LogP contribution in [0.4, 0.5) is 4.79 Å². The summed E-state index contributed by atoms with van der Waals surface area (Å²) in [5.41, 5.74) is 0. The van der Waals surface area contributed by atoms with Crippen LogP contribution in [0.2, 0.25) is 0 Å². The molecular weight excluding hydrogens is 147 g/mol. The number of hydrogen-bond acceptors (Lipinski definition) is 3. The van der Waals surface area contributed by atoms with Gasteiger partial charge in [0, 0.05) is 13.1 Å². The minimum Gasteiger partial charge on any atom is -0.435 e. The molecule has 1 aliphatic heterocycles. The molecule has 0 radical (unpaired) electrons. The number of nitrogens with one attached hydrogen (secondary N) is 1. The van der Waals surface area contributed by atoms with E-state index in [0.29, 0.717) is 26.3 Å². The molecule has 0 unspecified atom stereocenters. The third-order valence-corrected chi connectivity index (χ3v) is 1.53. The summed E-state index contributed by atoms with van der Waals surface area (Å²) < 4.78 is 5.04. The van der Waals surface area contributed by atoms with E-state index in [1.54, 1.807) is 4.90 Å². The van der Waals surface area contributed by atoms with Crippen molar-refractivity contribution in [2.24, 2.45) is 0 Å². The van der Waals surface area contributed by atoms with Crippen molar-refractivity contribution in [1.29, 1.82) is 0 Å². The Hall–Kier alpha value is -0.745. The highest BCUT2D eigenvalue weighted by molar-refractivity contribution is 6.27. The first-order valence-electron chi connectivity index (χ1n) is 3.56. The molecule has 5 nitrogen and oxygen atoms in total. The van der Waals surface area contributed by atoms with Gasteiger partial charge in [-0.1, -0.05) is 0 Å². The van der Waals surface area contributed by atoms with Crippen molar-refractivity contribution in [3.8, 4) is 0 Å². The Kier molecular flexibility index (Phi) is 3.19. The summed E-state index contributed by atoms with van der Waals surface area (Å²) in [4.78, 5) is 12.6. The molecule has 62 valence electrons. The molecule has 0 atom stereocenters. The molecule has 0 aromatic heterocycles. The van der Waals surface area contributed by atoms with Gasteiger partial charge >= 0.3 is 13.6 Å². The molecule has 0 bridgehead atoms. The number of hydrogen-bond donors (Lipinski definition) is 2. The number of morpholine rings is 1. The molecule has 1 heterocycles. The molecule has 1 saturated heterocycles. The minimum atomic E-state index is -0.309. The molecule has 2 amide bonds. The molecule has 1 rings (SSSR count). The monoisotopic (exact) mass is 158 g/mol. The van der Waals surface area contributed by atoms with Crippen LogP contribution in [0.25, 0.3) is 0 Å². The largest absolute Gasteiger partial charge is 0.435 e. The van der Waals surface area contributed by atoms with Crippen LogP contribution < -0.4 is 5.23 Å². The molecule has 6 heteroatoms. The first kappa shape index (κ1) is 8.35. The second-order valence-corrected chi connectivity index (χ2v) is 2.24. The van der Waals surface area contributed by atoms with Gasteiger partial charge in [0.2, 0.25) is 0 Å². The fourth-order valence-corrected chi connectivity index (χ4v) is 0.946. The normalized spacial score (nSPS) is 17.7. The van der Waals surface area contributed by atoms with Gasteiger partial charge in [-0.15, -0.1) is 0 Å². The Labute approximate surface area is 65.6 Å². The van der Waals surface area contributed by atoms with Crippen LogP contribution in [0.1, 0.15) is 0 Å². The van der Waals surface area contributed by atoms with Gasteiger partial charge in [0.25, 0.3) is 0 Å². The number of urea groups is 1. The number of nitrogens with zero attached hydrogens (tertiary/aromatic N) is 1. The zero-order valence-corrected chi connectivity index (χ0v) is 6.25. The Balaban J connectivity index is 2.27. The van der Waals surface area contributed by atoms with E-state index in [9.17, 15) is 4.79 Å². The van der Waals surface area contributed by atoms with E-state index in [1.165, 1.54) is 0 Å². The Bertz CT molecular complexity index is 138. The summed E-state index contributed by atoms with van der Waals surface area (Å²) in [5, 5.41) is 10.7. The van der Waals surface area contributed by atoms with Gasteiger partial charge in [0.1, 0.15) is 0 Å². The van der Waals surface area contributed by atoms with Gasteiger partial charge in [-0.05, 0) is 0 Å². The number of rotatable bonds is 1. The van der Waals surface area contributed by atoms with Gasteiger partial charge < -0.3 is 19.9 Å². The van der Waals surface area contributed by atoms with E-state index in [1.807, 2.05) is 0 Å². The maximum Gasteiger partial charge on any atom is 0.395 e. The average Bonchev–Trinajstić information content (AvgIpc) is 2.07. The standard InChI is InChI=1S/C5H11BN2O3/c9-5(7-6-10)8-1-3-11-4-2-8/h6,10H,1-4H2,(H,7,9). The van der Waals surface area contributed by atoms with Gasteiger partial charge in [-0.2, -0.15) is 0 Å². The zero-order chi connectivity index (χ0) is 8.10. The van der Waals surface area contributed by atoms with Crippen molar-refractivity contribution < 1.29 is 14.6 Å². The maximum atomic E-state index is 11.0. The third kappa shape index (κ3) is 2.40. The Morgan fingerprint density at radius 1 is 1.55 bits per heavy atom. The van der Waals surface area contributed by atoms with Gasteiger partial charge in [0.15, 0.2) is 0 Å². The van der Waals surface area contributed by atoms with E-state index in [0.717, 1.165) is 0 Å². The van der Waals surface area contributed by atoms with E-state index in [4.69, 9.17) is 9.76 Å². The number of amides is 2. The van der Waals surface area contributed by atoms with Crippen LogP contribution >= 0.6 is 0 Å². The lowest BCUT2D eigenvalue weighted by atomic mass is 10.3. The highest BCUT2D eigenvalue weighted by Gasteiger charge is 2.15. The molecule has 0 saturated carbocycles. The SMILES string of the molecule is O=C(NBO)N1CCOCC1. The van der Waals surface area contributed by atoms with Crippen molar-refractivity contribution in [3.63, 3.8) is 0 Å². The number of carbonyl (C=O) groups excluding carboxylic acids is 1. The fourth-order valence-electron chi connectivity index (χ4n) is 0.946. The Morgan fingerprint density at radius 2 is 2.18 bits per heavy atom. The highest BCUT2D eigenvalue weighted by atomic mass is 16.5. The molecule has 0 spiro atoms. The van der Waals surface area contributed by atoms with Crippen LogP contribution in [0.15, 0.2) is 0 Å². The topological polar surface area (TPSA) is 61.8 Å². The maximum absolute atomic E-state index is 11.0. The van der Waals surface area contributed by atoms with Gasteiger partial charge in [-0.3, -0.25) is 0 Å². The lowest BCUT2D eigenvalue weighted by molar-refractivity contribution is 0.0543. The fraction of sp³-hybridized carbons (Fsp3) is 0.800. The van der Waals surface area contributed by atoms with E-state index in [-0.39, 0.29) is 13.6 Å².